The molecule has 3 nitrogen and oxygen atoms in total. The maximum absolute atomic E-state index is 11.2. The monoisotopic (exact) mass is 272 g/mol. The van der Waals surface area contributed by atoms with E-state index in [0.29, 0.717) is 5.39 Å². The van der Waals surface area contributed by atoms with Crippen LogP contribution in [0.25, 0.3) is 10.9 Å². The lowest BCUT2D eigenvalue weighted by Crippen LogP contribution is -2.06. The SMILES string of the molecule is O=c1nc[nH]c2c(I)cccc12. The van der Waals surface area contributed by atoms with Crippen LogP contribution in [-0.2, 0) is 0 Å². The van der Waals surface area contributed by atoms with Gasteiger partial charge in [-0.25, -0.2) is 0 Å². The molecule has 0 radical (unpaired) electrons. The van der Waals surface area contributed by atoms with E-state index in [2.05, 4.69) is 32.6 Å². The summed E-state index contributed by atoms with van der Waals surface area (Å²) < 4.78 is 1.03. The van der Waals surface area contributed by atoms with Crippen molar-refractivity contribution in [2.75, 3.05) is 0 Å². The minimum Gasteiger partial charge on any atom is -0.345 e. The first-order chi connectivity index (χ1) is 5.79. The van der Waals surface area contributed by atoms with E-state index >= 15 is 0 Å². The molecule has 0 bridgehead atoms. The van der Waals surface area contributed by atoms with Crippen LogP contribution in [0.1, 0.15) is 0 Å². The zero-order valence-electron chi connectivity index (χ0n) is 6.04. The number of aromatic amines is 1. The van der Waals surface area contributed by atoms with Crippen LogP contribution in [0.15, 0.2) is 29.3 Å². The predicted molar refractivity (Wildman–Crippen MR) is 55.1 cm³/mol. The van der Waals surface area contributed by atoms with Crippen molar-refractivity contribution in [1.29, 1.82) is 0 Å². The number of hydrogen-bond acceptors (Lipinski definition) is 2. The number of hydrogen-bond donors (Lipinski definition) is 1. The zero-order valence-corrected chi connectivity index (χ0v) is 8.20. The number of nitrogens with zero attached hydrogens (tertiary/aromatic N) is 1. The largest absolute Gasteiger partial charge is 0.345 e. The minimum atomic E-state index is -0.178. The van der Waals surface area contributed by atoms with Crippen LogP contribution in [0.4, 0.5) is 0 Å². The highest BCUT2D eigenvalue weighted by molar-refractivity contribution is 14.1. The molecule has 0 unspecified atom stereocenters. The first-order valence-electron chi connectivity index (χ1n) is 3.41. The van der Waals surface area contributed by atoms with Crippen LogP contribution < -0.4 is 5.56 Å². The molecule has 0 amide bonds. The molecule has 1 N–H and O–H groups in total. The Morgan fingerprint density at radius 3 is 3.00 bits per heavy atom. The highest BCUT2D eigenvalue weighted by Crippen LogP contribution is 2.13. The van der Waals surface area contributed by atoms with E-state index in [4.69, 9.17) is 0 Å². The topological polar surface area (TPSA) is 45.8 Å². The predicted octanol–water partition coefficient (Wildman–Crippen LogP) is 1.53. The van der Waals surface area contributed by atoms with Gasteiger partial charge in [0.05, 0.1) is 17.2 Å². The van der Waals surface area contributed by atoms with Crippen molar-refractivity contribution in [2.24, 2.45) is 0 Å². The van der Waals surface area contributed by atoms with Gasteiger partial charge < -0.3 is 4.98 Å². The molecule has 1 aromatic carbocycles. The van der Waals surface area contributed by atoms with E-state index in [0.717, 1.165) is 9.09 Å². The second-order valence-electron chi connectivity index (χ2n) is 2.37. The standard InChI is InChI=1S/C8H5IN2O/c9-6-3-1-2-5-7(6)10-4-11-8(5)12/h1-4H,(H,10,11,12). The summed E-state index contributed by atoms with van der Waals surface area (Å²) in [6, 6.07) is 5.56. The summed E-state index contributed by atoms with van der Waals surface area (Å²) in [6.45, 7) is 0. The Kier molecular flexibility index (Phi) is 1.84. The second kappa shape index (κ2) is 2.85. The molecular formula is C8H5IN2O. The Morgan fingerprint density at radius 1 is 1.42 bits per heavy atom. The molecule has 0 saturated heterocycles. The Balaban J connectivity index is 3.05. The van der Waals surface area contributed by atoms with Crippen LogP contribution in [-0.4, -0.2) is 9.97 Å². The molecule has 60 valence electrons. The minimum absolute atomic E-state index is 0.178. The van der Waals surface area contributed by atoms with Gasteiger partial charge in [0.2, 0.25) is 0 Å². The van der Waals surface area contributed by atoms with Crippen molar-refractivity contribution in [1.82, 2.24) is 9.97 Å². The molecule has 4 heteroatoms. The fraction of sp³-hybridized carbons (Fsp3) is 0. The number of para-hydroxylation sites is 1. The van der Waals surface area contributed by atoms with E-state index in [9.17, 15) is 4.79 Å². The average Bonchev–Trinajstić information content (AvgIpc) is 2.07. The Labute approximate surface area is 82.0 Å². The van der Waals surface area contributed by atoms with Gasteiger partial charge in [0.15, 0.2) is 0 Å². The molecule has 2 aromatic rings. The maximum atomic E-state index is 11.2. The van der Waals surface area contributed by atoms with Crippen molar-refractivity contribution in [3.05, 3.63) is 38.5 Å². The third-order valence-corrected chi connectivity index (χ3v) is 2.53. The summed E-state index contributed by atoms with van der Waals surface area (Å²) in [7, 11) is 0. The number of halogens is 1. The third-order valence-electron chi connectivity index (χ3n) is 1.63. The highest BCUT2D eigenvalue weighted by Gasteiger charge is 2.00. The summed E-state index contributed by atoms with van der Waals surface area (Å²) in [5, 5.41) is 0.643. The molecule has 0 aliphatic heterocycles. The molecule has 1 heterocycles. The normalized spacial score (nSPS) is 10.4. The van der Waals surface area contributed by atoms with Crippen molar-refractivity contribution in [2.45, 2.75) is 0 Å². The molecule has 0 spiro atoms. The molecular weight excluding hydrogens is 267 g/mol. The number of nitrogens with one attached hydrogen (secondary N) is 1. The number of H-pyrrole nitrogens is 1. The quantitative estimate of drug-likeness (QED) is 0.739. The molecule has 0 saturated carbocycles. The Bertz CT molecular complexity index is 478. The first-order valence-corrected chi connectivity index (χ1v) is 4.49. The molecule has 1 aromatic heterocycles. The van der Waals surface area contributed by atoms with Crippen molar-refractivity contribution >= 4 is 33.5 Å². The van der Waals surface area contributed by atoms with Crippen LogP contribution >= 0.6 is 22.6 Å². The highest BCUT2D eigenvalue weighted by atomic mass is 127. The maximum Gasteiger partial charge on any atom is 0.280 e. The van der Waals surface area contributed by atoms with Gasteiger partial charge in [-0.05, 0) is 34.7 Å². The van der Waals surface area contributed by atoms with Gasteiger partial charge in [0, 0.05) is 3.57 Å². The lowest BCUT2D eigenvalue weighted by molar-refractivity contribution is 1.17. The molecule has 2 rings (SSSR count). The van der Waals surface area contributed by atoms with E-state index in [1.54, 1.807) is 6.07 Å². The molecule has 0 atom stereocenters. The molecule has 0 aliphatic rings. The van der Waals surface area contributed by atoms with Gasteiger partial charge in [-0.2, -0.15) is 4.98 Å². The van der Waals surface area contributed by atoms with Gasteiger partial charge >= 0.3 is 0 Å². The van der Waals surface area contributed by atoms with Crippen LogP contribution in [0, 0.1) is 3.57 Å². The van der Waals surface area contributed by atoms with Crippen molar-refractivity contribution < 1.29 is 0 Å². The van der Waals surface area contributed by atoms with Crippen LogP contribution in [0.2, 0.25) is 0 Å². The second-order valence-corrected chi connectivity index (χ2v) is 3.53. The summed E-state index contributed by atoms with van der Waals surface area (Å²) in [5.74, 6) is 0. The third kappa shape index (κ3) is 1.12. The van der Waals surface area contributed by atoms with Gasteiger partial charge in [-0.1, -0.05) is 6.07 Å². The molecule has 0 aliphatic carbocycles. The van der Waals surface area contributed by atoms with Gasteiger partial charge in [-0.3, -0.25) is 4.79 Å². The summed E-state index contributed by atoms with van der Waals surface area (Å²) in [5.41, 5.74) is 0.681. The summed E-state index contributed by atoms with van der Waals surface area (Å²) in [4.78, 5) is 17.8. The number of rotatable bonds is 0. The van der Waals surface area contributed by atoms with Gasteiger partial charge in [0.1, 0.15) is 0 Å². The number of fused-ring (bicyclic) bond motifs is 1. The first kappa shape index (κ1) is 7.72. The van der Waals surface area contributed by atoms with E-state index in [1.165, 1.54) is 6.33 Å². The fourth-order valence-electron chi connectivity index (χ4n) is 1.07. The lowest BCUT2D eigenvalue weighted by Gasteiger charge is -1.96. The van der Waals surface area contributed by atoms with Gasteiger partial charge in [-0.15, -0.1) is 0 Å². The summed E-state index contributed by atoms with van der Waals surface area (Å²) in [6.07, 6.45) is 1.42. The molecule has 0 fully saturated rings. The van der Waals surface area contributed by atoms with Crippen LogP contribution in [0.5, 0.6) is 0 Å². The zero-order chi connectivity index (χ0) is 8.55. The van der Waals surface area contributed by atoms with E-state index in [-0.39, 0.29) is 5.56 Å². The van der Waals surface area contributed by atoms with Crippen molar-refractivity contribution in [3.8, 4) is 0 Å². The fourth-order valence-corrected chi connectivity index (χ4v) is 1.73. The Hall–Kier alpha value is -0.910. The van der Waals surface area contributed by atoms with Crippen LogP contribution in [0.3, 0.4) is 0 Å². The average molecular weight is 272 g/mol. The number of aromatic nitrogens is 2. The van der Waals surface area contributed by atoms with E-state index in [1.807, 2.05) is 12.1 Å². The molecule has 12 heavy (non-hydrogen) atoms. The van der Waals surface area contributed by atoms with E-state index < -0.39 is 0 Å². The number of benzene rings is 1. The smallest absolute Gasteiger partial charge is 0.280 e. The van der Waals surface area contributed by atoms with Gasteiger partial charge in [0.25, 0.3) is 5.56 Å². The Morgan fingerprint density at radius 2 is 2.25 bits per heavy atom. The lowest BCUT2D eigenvalue weighted by atomic mass is 10.2. The summed E-state index contributed by atoms with van der Waals surface area (Å²) >= 11 is 2.18. The van der Waals surface area contributed by atoms with Crippen molar-refractivity contribution in [3.63, 3.8) is 0 Å².